The fourth-order valence-electron chi connectivity index (χ4n) is 0.473. The average molecular weight is 126 g/mol. The Morgan fingerprint density at radius 3 is 2.89 bits per heavy atom. The summed E-state index contributed by atoms with van der Waals surface area (Å²) in [5.41, 5.74) is 0.000278. The number of hydrogen-bond acceptors (Lipinski definition) is 3. The van der Waals surface area contributed by atoms with E-state index in [0.29, 0.717) is 5.69 Å². The van der Waals surface area contributed by atoms with Crippen LogP contribution in [0.1, 0.15) is 5.69 Å². The summed E-state index contributed by atoms with van der Waals surface area (Å²) in [5.74, 6) is 0.00889. The SMILES string of the molecule is Cc1[nH]c(=O)ncc1O. The molecular weight excluding hydrogens is 120 g/mol. The molecule has 1 aromatic rings. The van der Waals surface area contributed by atoms with E-state index in [1.54, 1.807) is 6.92 Å². The van der Waals surface area contributed by atoms with Gasteiger partial charge in [0.05, 0.1) is 11.9 Å². The molecule has 0 aromatic carbocycles. The van der Waals surface area contributed by atoms with Crippen LogP contribution >= 0.6 is 0 Å². The smallest absolute Gasteiger partial charge is 0.345 e. The standard InChI is InChI=1S/C5H6N2O2/c1-3-4(8)2-6-5(9)7-3/h2,8H,1H3,(H,6,7,9). The Balaban J connectivity index is 3.34. The van der Waals surface area contributed by atoms with Gasteiger partial charge in [-0.15, -0.1) is 0 Å². The van der Waals surface area contributed by atoms with Gasteiger partial charge in [0.25, 0.3) is 0 Å². The molecule has 0 fully saturated rings. The molecule has 1 heterocycles. The number of rotatable bonds is 0. The third kappa shape index (κ3) is 1.07. The van der Waals surface area contributed by atoms with E-state index in [-0.39, 0.29) is 5.75 Å². The third-order valence-electron chi connectivity index (χ3n) is 0.983. The van der Waals surface area contributed by atoms with Gasteiger partial charge in [-0.05, 0) is 6.92 Å². The summed E-state index contributed by atoms with van der Waals surface area (Å²) in [6.07, 6.45) is 1.12. The molecule has 48 valence electrons. The minimum atomic E-state index is -0.440. The van der Waals surface area contributed by atoms with Crippen LogP contribution in [0.15, 0.2) is 11.0 Å². The Kier molecular flexibility index (Phi) is 1.22. The minimum absolute atomic E-state index is 0.00889. The minimum Gasteiger partial charge on any atom is -0.505 e. The van der Waals surface area contributed by atoms with Gasteiger partial charge in [0.15, 0.2) is 5.75 Å². The van der Waals surface area contributed by atoms with Crippen LogP contribution in [0.2, 0.25) is 0 Å². The molecule has 9 heavy (non-hydrogen) atoms. The first-order valence-electron chi connectivity index (χ1n) is 2.45. The van der Waals surface area contributed by atoms with Gasteiger partial charge in [-0.3, -0.25) is 0 Å². The Labute approximate surface area is 51.2 Å². The van der Waals surface area contributed by atoms with Crippen LogP contribution in [0.4, 0.5) is 0 Å². The number of aromatic nitrogens is 2. The normalized spacial score (nSPS) is 9.44. The molecule has 4 nitrogen and oxygen atoms in total. The molecule has 4 heteroatoms. The second-order valence-electron chi connectivity index (χ2n) is 1.70. The summed E-state index contributed by atoms with van der Waals surface area (Å²) in [6, 6.07) is 0. The van der Waals surface area contributed by atoms with Crippen molar-refractivity contribution in [1.29, 1.82) is 0 Å². The van der Waals surface area contributed by atoms with Gasteiger partial charge in [-0.1, -0.05) is 0 Å². The number of nitrogens with one attached hydrogen (secondary N) is 1. The fraction of sp³-hybridized carbons (Fsp3) is 0.200. The second kappa shape index (κ2) is 1.89. The molecule has 0 aliphatic heterocycles. The summed E-state index contributed by atoms with van der Waals surface area (Å²) < 4.78 is 0. The van der Waals surface area contributed by atoms with Gasteiger partial charge in [-0.2, -0.15) is 4.98 Å². The van der Waals surface area contributed by atoms with Crippen molar-refractivity contribution in [3.8, 4) is 5.75 Å². The number of hydrogen-bond donors (Lipinski definition) is 2. The Bertz CT molecular complexity index is 266. The van der Waals surface area contributed by atoms with Crippen molar-refractivity contribution in [2.45, 2.75) is 6.92 Å². The average Bonchev–Trinajstić information content (AvgIpc) is 1.80. The Hall–Kier alpha value is -1.32. The van der Waals surface area contributed by atoms with Crippen molar-refractivity contribution in [3.05, 3.63) is 22.4 Å². The molecule has 0 aliphatic carbocycles. The van der Waals surface area contributed by atoms with Crippen molar-refractivity contribution in [2.24, 2.45) is 0 Å². The lowest BCUT2D eigenvalue weighted by Crippen LogP contribution is -2.09. The van der Waals surface area contributed by atoms with E-state index in [1.807, 2.05) is 0 Å². The van der Waals surface area contributed by atoms with E-state index in [4.69, 9.17) is 5.11 Å². The van der Waals surface area contributed by atoms with Crippen LogP contribution < -0.4 is 5.69 Å². The second-order valence-corrected chi connectivity index (χ2v) is 1.70. The molecule has 1 rings (SSSR count). The lowest BCUT2D eigenvalue weighted by Gasteiger charge is -1.92. The number of aromatic amines is 1. The van der Waals surface area contributed by atoms with Gasteiger partial charge in [-0.25, -0.2) is 4.79 Å². The molecule has 0 spiro atoms. The maximum absolute atomic E-state index is 10.4. The zero-order valence-corrected chi connectivity index (χ0v) is 4.88. The fourth-order valence-corrected chi connectivity index (χ4v) is 0.473. The van der Waals surface area contributed by atoms with E-state index in [1.165, 1.54) is 0 Å². The van der Waals surface area contributed by atoms with E-state index in [9.17, 15) is 4.79 Å². The molecule has 0 saturated heterocycles. The zero-order chi connectivity index (χ0) is 6.85. The summed E-state index contributed by atoms with van der Waals surface area (Å²) >= 11 is 0. The van der Waals surface area contributed by atoms with Crippen molar-refractivity contribution in [3.63, 3.8) is 0 Å². The summed E-state index contributed by atoms with van der Waals surface area (Å²) in [5, 5.41) is 8.81. The first-order chi connectivity index (χ1) is 4.20. The maximum atomic E-state index is 10.4. The summed E-state index contributed by atoms with van der Waals surface area (Å²) in [4.78, 5) is 16.0. The number of aryl methyl sites for hydroxylation is 1. The number of aromatic hydroxyl groups is 1. The van der Waals surface area contributed by atoms with Gasteiger partial charge in [0, 0.05) is 0 Å². The van der Waals surface area contributed by atoms with Gasteiger partial charge in [0.1, 0.15) is 0 Å². The quantitative estimate of drug-likeness (QED) is 0.505. The predicted molar refractivity (Wildman–Crippen MR) is 31.3 cm³/mol. The van der Waals surface area contributed by atoms with Crippen LogP contribution in [0.3, 0.4) is 0 Å². The summed E-state index contributed by atoms with van der Waals surface area (Å²) in [6.45, 7) is 1.60. The first kappa shape index (κ1) is 5.81. The molecular formula is C5H6N2O2. The van der Waals surface area contributed by atoms with E-state index >= 15 is 0 Å². The van der Waals surface area contributed by atoms with E-state index in [2.05, 4.69) is 9.97 Å². The van der Waals surface area contributed by atoms with Crippen LogP contribution in [0.25, 0.3) is 0 Å². The Morgan fingerprint density at radius 1 is 1.78 bits per heavy atom. The molecule has 0 radical (unpaired) electrons. The number of H-pyrrole nitrogens is 1. The molecule has 0 saturated carbocycles. The van der Waals surface area contributed by atoms with Gasteiger partial charge in [0.2, 0.25) is 0 Å². The largest absolute Gasteiger partial charge is 0.505 e. The summed E-state index contributed by atoms with van der Waals surface area (Å²) in [7, 11) is 0. The zero-order valence-electron chi connectivity index (χ0n) is 4.88. The van der Waals surface area contributed by atoms with E-state index in [0.717, 1.165) is 6.20 Å². The molecule has 0 unspecified atom stereocenters. The molecule has 0 aliphatic rings. The first-order valence-corrected chi connectivity index (χ1v) is 2.45. The van der Waals surface area contributed by atoms with Crippen LogP contribution in [-0.2, 0) is 0 Å². The van der Waals surface area contributed by atoms with Crippen molar-refractivity contribution in [1.82, 2.24) is 9.97 Å². The molecule has 0 bridgehead atoms. The third-order valence-corrected chi connectivity index (χ3v) is 0.983. The van der Waals surface area contributed by atoms with Crippen molar-refractivity contribution < 1.29 is 5.11 Å². The maximum Gasteiger partial charge on any atom is 0.345 e. The van der Waals surface area contributed by atoms with Crippen LogP contribution in [0.5, 0.6) is 5.75 Å². The van der Waals surface area contributed by atoms with E-state index < -0.39 is 5.69 Å². The highest BCUT2D eigenvalue weighted by molar-refractivity contribution is 5.18. The number of nitrogens with zero attached hydrogens (tertiary/aromatic N) is 1. The van der Waals surface area contributed by atoms with Gasteiger partial charge < -0.3 is 10.1 Å². The highest BCUT2D eigenvalue weighted by Gasteiger charge is 1.92. The molecule has 0 atom stereocenters. The molecule has 2 N–H and O–H groups in total. The lowest BCUT2D eigenvalue weighted by atomic mass is 10.4. The van der Waals surface area contributed by atoms with Crippen LogP contribution in [-0.4, -0.2) is 15.1 Å². The highest BCUT2D eigenvalue weighted by Crippen LogP contribution is 2.05. The highest BCUT2D eigenvalue weighted by atomic mass is 16.3. The van der Waals surface area contributed by atoms with Gasteiger partial charge >= 0.3 is 5.69 Å². The monoisotopic (exact) mass is 126 g/mol. The molecule has 1 aromatic heterocycles. The van der Waals surface area contributed by atoms with Crippen LogP contribution in [0, 0.1) is 6.92 Å². The van der Waals surface area contributed by atoms with Crippen molar-refractivity contribution >= 4 is 0 Å². The predicted octanol–water partition coefficient (Wildman–Crippen LogP) is -0.216. The Morgan fingerprint density at radius 2 is 2.44 bits per heavy atom. The van der Waals surface area contributed by atoms with Crippen molar-refractivity contribution in [2.75, 3.05) is 0 Å². The topological polar surface area (TPSA) is 66.0 Å². The lowest BCUT2D eigenvalue weighted by molar-refractivity contribution is 0.463. The molecule has 0 amide bonds.